The van der Waals surface area contributed by atoms with Gasteiger partial charge in [0.25, 0.3) is 5.91 Å². The quantitative estimate of drug-likeness (QED) is 0.709. The van der Waals surface area contributed by atoms with Crippen molar-refractivity contribution in [3.8, 4) is 0 Å². The Labute approximate surface area is 171 Å². The van der Waals surface area contributed by atoms with Crippen molar-refractivity contribution < 1.29 is 4.79 Å². The summed E-state index contributed by atoms with van der Waals surface area (Å²) < 4.78 is 1.88. The highest BCUT2D eigenvalue weighted by molar-refractivity contribution is 5.93. The molecule has 0 saturated heterocycles. The maximum absolute atomic E-state index is 13.1. The van der Waals surface area contributed by atoms with E-state index >= 15 is 0 Å². The van der Waals surface area contributed by atoms with Crippen LogP contribution in [0.1, 0.15) is 68.1 Å². The number of imidazole rings is 1. The van der Waals surface area contributed by atoms with Gasteiger partial charge < -0.3 is 5.32 Å². The zero-order chi connectivity index (χ0) is 20.0. The first-order valence-corrected chi connectivity index (χ1v) is 11.1. The fourth-order valence-corrected chi connectivity index (χ4v) is 6.64. The summed E-state index contributed by atoms with van der Waals surface area (Å²) in [6.07, 6.45) is 11.4. The van der Waals surface area contributed by atoms with Gasteiger partial charge in [-0.3, -0.25) is 9.20 Å². The maximum Gasteiger partial charge on any atom is 0.268 e. The van der Waals surface area contributed by atoms with Gasteiger partial charge in [0.2, 0.25) is 0 Å². The number of rotatable bonds is 7. The second kappa shape index (κ2) is 7.22. The standard InChI is InChI=1S/C23H30N4O2/c1-15(26-29)5-6-19-13-27-20(3-2-4-21(27)25-19)22(28)24-14-23-10-16-7-17(11-23)9-18(8-16)12-23/h2-4,13,15-18H,5-12,14H2,1H3,(H,24,28). The molecule has 4 bridgehead atoms. The van der Waals surface area contributed by atoms with E-state index in [2.05, 4.69) is 15.5 Å². The van der Waals surface area contributed by atoms with Crippen LogP contribution in [0.3, 0.4) is 0 Å². The number of nitroso groups, excluding NO2 is 1. The van der Waals surface area contributed by atoms with E-state index in [4.69, 9.17) is 0 Å². The summed E-state index contributed by atoms with van der Waals surface area (Å²) in [5.74, 6) is 2.65. The molecular formula is C23H30N4O2. The molecule has 4 aliphatic rings. The van der Waals surface area contributed by atoms with Crippen molar-refractivity contribution >= 4 is 11.6 Å². The number of pyridine rings is 1. The number of carbonyl (C=O) groups is 1. The van der Waals surface area contributed by atoms with E-state index in [0.29, 0.717) is 24.0 Å². The molecule has 6 heteroatoms. The maximum atomic E-state index is 13.1. The van der Waals surface area contributed by atoms with Crippen LogP contribution in [-0.4, -0.2) is 27.9 Å². The van der Waals surface area contributed by atoms with Gasteiger partial charge in [-0.05, 0) is 93.6 Å². The van der Waals surface area contributed by atoms with Crippen LogP contribution in [0.4, 0.5) is 0 Å². The van der Waals surface area contributed by atoms with E-state index < -0.39 is 0 Å². The van der Waals surface area contributed by atoms with Gasteiger partial charge in [0, 0.05) is 12.7 Å². The smallest absolute Gasteiger partial charge is 0.268 e. The van der Waals surface area contributed by atoms with E-state index in [0.717, 1.165) is 35.6 Å². The van der Waals surface area contributed by atoms with Gasteiger partial charge in [0.1, 0.15) is 11.3 Å². The molecule has 154 valence electrons. The molecule has 1 amide bonds. The predicted molar refractivity (Wildman–Crippen MR) is 112 cm³/mol. The van der Waals surface area contributed by atoms with Gasteiger partial charge >= 0.3 is 0 Å². The van der Waals surface area contributed by atoms with Crippen LogP contribution in [0.25, 0.3) is 5.65 Å². The van der Waals surface area contributed by atoms with Gasteiger partial charge in [-0.1, -0.05) is 11.2 Å². The molecule has 6 nitrogen and oxygen atoms in total. The lowest BCUT2D eigenvalue weighted by atomic mass is 9.49. The summed E-state index contributed by atoms with van der Waals surface area (Å²) in [5.41, 5.74) is 2.62. The normalized spacial score (nSPS) is 31.1. The number of nitrogens with zero attached hydrogens (tertiary/aromatic N) is 3. The zero-order valence-electron chi connectivity index (χ0n) is 17.1. The molecule has 0 aliphatic heterocycles. The summed E-state index contributed by atoms with van der Waals surface area (Å²) >= 11 is 0. The summed E-state index contributed by atoms with van der Waals surface area (Å²) in [4.78, 5) is 28.3. The Kier molecular flexibility index (Phi) is 4.67. The van der Waals surface area contributed by atoms with Crippen molar-refractivity contribution in [2.45, 2.75) is 64.3 Å². The second-order valence-electron chi connectivity index (χ2n) is 9.96. The topological polar surface area (TPSA) is 75.8 Å². The van der Waals surface area contributed by atoms with Crippen LogP contribution in [0.5, 0.6) is 0 Å². The lowest BCUT2D eigenvalue weighted by molar-refractivity contribution is -0.0503. The molecule has 2 heterocycles. The fraction of sp³-hybridized carbons (Fsp3) is 0.652. The van der Waals surface area contributed by atoms with Crippen molar-refractivity contribution in [3.63, 3.8) is 0 Å². The Morgan fingerprint density at radius 1 is 1.24 bits per heavy atom. The Bertz CT molecular complexity index is 899. The molecule has 4 saturated carbocycles. The first-order valence-electron chi connectivity index (χ1n) is 11.1. The lowest BCUT2D eigenvalue weighted by Crippen LogP contribution is -2.51. The van der Waals surface area contributed by atoms with Crippen molar-refractivity contribution in [1.29, 1.82) is 0 Å². The van der Waals surface area contributed by atoms with Gasteiger partial charge in [0.15, 0.2) is 0 Å². The highest BCUT2D eigenvalue weighted by Crippen LogP contribution is 2.59. The number of carbonyl (C=O) groups excluding carboxylic acids is 1. The van der Waals surface area contributed by atoms with E-state index in [9.17, 15) is 9.70 Å². The molecule has 1 atom stereocenters. The number of aryl methyl sites for hydroxylation is 1. The third kappa shape index (κ3) is 3.58. The molecule has 2 aromatic rings. The highest BCUT2D eigenvalue weighted by atomic mass is 16.3. The van der Waals surface area contributed by atoms with Crippen molar-refractivity contribution in [1.82, 2.24) is 14.7 Å². The van der Waals surface area contributed by atoms with Crippen LogP contribution in [0.2, 0.25) is 0 Å². The summed E-state index contributed by atoms with van der Waals surface area (Å²) in [6.45, 7) is 2.61. The van der Waals surface area contributed by atoms with Crippen LogP contribution in [0.15, 0.2) is 29.6 Å². The van der Waals surface area contributed by atoms with Crippen LogP contribution in [-0.2, 0) is 6.42 Å². The minimum atomic E-state index is -0.220. The highest BCUT2D eigenvalue weighted by Gasteiger charge is 2.50. The molecule has 2 aromatic heterocycles. The van der Waals surface area contributed by atoms with Crippen LogP contribution < -0.4 is 5.32 Å². The van der Waals surface area contributed by atoms with E-state index in [1.54, 1.807) is 0 Å². The van der Waals surface area contributed by atoms with Gasteiger partial charge in [0.05, 0.1) is 11.7 Å². The summed E-state index contributed by atoms with van der Waals surface area (Å²) in [7, 11) is 0. The molecule has 1 unspecified atom stereocenters. The van der Waals surface area contributed by atoms with Crippen molar-refractivity contribution in [2.75, 3.05) is 6.54 Å². The number of fused-ring (bicyclic) bond motifs is 1. The number of aromatic nitrogens is 2. The van der Waals surface area contributed by atoms with E-state index in [1.807, 2.05) is 35.7 Å². The Morgan fingerprint density at radius 2 is 1.93 bits per heavy atom. The average molecular weight is 395 g/mol. The van der Waals surface area contributed by atoms with E-state index in [-0.39, 0.29) is 11.9 Å². The third-order valence-corrected chi connectivity index (χ3v) is 7.56. The number of hydrogen-bond donors (Lipinski definition) is 1. The van der Waals surface area contributed by atoms with E-state index in [1.165, 1.54) is 38.5 Å². The number of nitrogens with one attached hydrogen (secondary N) is 1. The Balaban J connectivity index is 1.29. The first-order chi connectivity index (χ1) is 14.0. The molecule has 0 radical (unpaired) electrons. The molecule has 4 aliphatic carbocycles. The van der Waals surface area contributed by atoms with Gasteiger partial charge in [-0.2, -0.15) is 4.91 Å². The predicted octanol–water partition coefficient (Wildman–Crippen LogP) is 4.37. The molecule has 0 spiro atoms. The Morgan fingerprint density at radius 3 is 2.59 bits per heavy atom. The lowest BCUT2D eigenvalue weighted by Gasteiger charge is -2.56. The molecule has 4 fully saturated rings. The molecule has 29 heavy (non-hydrogen) atoms. The zero-order valence-corrected chi connectivity index (χ0v) is 17.1. The average Bonchev–Trinajstić information content (AvgIpc) is 3.12. The largest absolute Gasteiger partial charge is 0.350 e. The SMILES string of the molecule is CC(CCc1cn2c(C(=O)NCC34CC5CC(CC(C5)C3)C4)cccc2n1)N=O. The van der Waals surface area contributed by atoms with Crippen molar-refractivity contribution in [3.05, 3.63) is 40.7 Å². The number of hydrogen-bond acceptors (Lipinski definition) is 4. The second-order valence-corrected chi connectivity index (χ2v) is 9.96. The summed E-state index contributed by atoms with van der Waals surface area (Å²) in [6, 6.07) is 5.45. The van der Waals surface area contributed by atoms with Gasteiger partial charge in [-0.25, -0.2) is 4.98 Å². The summed E-state index contributed by atoms with van der Waals surface area (Å²) in [5, 5.41) is 6.33. The minimum Gasteiger partial charge on any atom is -0.350 e. The molecular weight excluding hydrogens is 364 g/mol. The fourth-order valence-electron chi connectivity index (χ4n) is 6.64. The van der Waals surface area contributed by atoms with Crippen LogP contribution >= 0.6 is 0 Å². The van der Waals surface area contributed by atoms with Gasteiger partial charge in [-0.15, -0.1) is 0 Å². The molecule has 0 aromatic carbocycles. The minimum absolute atomic E-state index is 0.0155. The first kappa shape index (κ1) is 18.8. The number of amides is 1. The molecule has 6 rings (SSSR count). The van der Waals surface area contributed by atoms with Crippen molar-refractivity contribution in [2.24, 2.45) is 28.3 Å². The van der Waals surface area contributed by atoms with Crippen LogP contribution in [0, 0.1) is 28.1 Å². The monoisotopic (exact) mass is 394 g/mol. The Hall–Kier alpha value is -2.24. The molecule has 1 N–H and O–H groups in total. The third-order valence-electron chi connectivity index (χ3n) is 7.56.